The van der Waals surface area contributed by atoms with Crippen LogP contribution in [0.25, 0.3) is 22.2 Å². The smallest absolute Gasteiger partial charge is 0.223 e. The van der Waals surface area contributed by atoms with E-state index in [0.29, 0.717) is 38.3 Å². The molecule has 42 heavy (non-hydrogen) atoms. The molecule has 1 aromatic carbocycles. The minimum atomic E-state index is 0.196. The van der Waals surface area contributed by atoms with Gasteiger partial charge in [-0.05, 0) is 69.7 Å². The number of carbonyl (C=O) groups excluding carboxylic acids is 2. The number of ketones is 1. The van der Waals surface area contributed by atoms with Gasteiger partial charge in [-0.3, -0.25) is 4.79 Å². The Hall–Kier alpha value is -3.30. The average molecular weight is 584 g/mol. The highest BCUT2D eigenvalue weighted by molar-refractivity contribution is 5.85. The maximum atomic E-state index is 10.9. The number of hydrogen-bond acceptors (Lipinski definition) is 7. The molecular weight excluding hydrogens is 530 g/mol. The number of nitrogens with zero attached hydrogens (tertiary/aromatic N) is 2. The number of nitrogens with one attached hydrogen (secondary N) is 3. The van der Waals surface area contributed by atoms with E-state index in [1.165, 1.54) is 38.8 Å². The Morgan fingerprint density at radius 1 is 1.07 bits per heavy atom. The number of benzene rings is 1. The molecule has 0 radical (unpaired) electrons. The molecule has 1 aliphatic carbocycles. The predicted molar refractivity (Wildman–Crippen MR) is 172 cm³/mol. The highest BCUT2D eigenvalue weighted by Crippen LogP contribution is 2.52. The molecule has 234 valence electrons. The van der Waals surface area contributed by atoms with Gasteiger partial charge in [-0.2, -0.15) is 0 Å². The average Bonchev–Trinajstić information content (AvgIpc) is 3.61. The van der Waals surface area contributed by atoms with Crippen LogP contribution in [0, 0.1) is 5.41 Å². The van der Waals surface area contributed by atoms with Crippen molar-refractivity contribution >= 4 is 23.1 Å². The molecule has 1 aliphatic heterocycles. The summed E-state index contributed by atoms with van der Waals surface area (Å²) < 4.78 is 11.0. The van der Waals surface area contributed by atoms with Gasteiger partial charge in [-0.15, -0.1) is 0 Å². The van der Waals surface area contributed by atoms with Crippen molar-refractivity contribution in [1.82, 2.24) is 25.6 Å². The molecule has 2 aromatic heterocycles. The van der Waals surface area contributed by atoms with Crippen molar-refractivity contribution in [2.24, 2.45) is 5.41 Å². The second-order valence-corrected chi connectivity index (χ2v) is 9.81. The van der Waals surface area contributed by atoms with Crippen LogP contribution in [0.15, 0.2) is 36.5 Å². The molecule has 3 aromatic rings. The van der Waals surface area contributed by atoms with Gasteiger partial charge in [0.1, 0.15) is 11.6 Å². The lowest BCUT2D eigenvalue weighted by atomic mass is 9.95. The highest BCUT2D eigenvalue weighted by atomic mass is 16.5. The Bertz CT molecular complexity index is 1150. The van der Waals surface area contributed by atoms with Gasteiger partial charge in [0.15, 0.2) is 0 Å². The van der Waals surface area contributed by atoms with Gasteiger partial charge >= 0.3 is 0 Å². The van der Waals surface area contributed by atoms with Crippen LogP contribution in [-0.2, 0) is 20.7 Å². The van der Waals surface area contributed by atoms with Gasteiger partial charge in [0.25, 0.3) is 0 Å². The maximum absolute atomic E-state index is 10.9. The van der Waals surface area contributed by atoms with E-state index < -0.39 is 0 Å². The van der Waals surface area contributed by atoms with E-state index in [1.807, 2.05) is 52.0 Å². The van der Waals surface area contributed by atoms with Crippen LogP contribution in [0.3, 0.4) is 0 Å². The molecule has 0 unspecified atom stereocenters. The number of rotatable bonds is 10. The third kappa shape index (κ3) is 13.1. The second kappa shape index (κ2) is 21.4. The molecule has 1 saturated carbocycles. The Balaban J connectivity index is 0.000000450. The number of Topliss-reactive ketones (excluding diaryl/α,β-unsaturated/α-hetero) is 1. The van der Waals surface area contributed by atoms with Crippen molar-refractivity contribution < 1.29 is 19.1 Å². The fraction of sp³-hybridized carbons (Fsp3) is 0.576. The van der Waals surface area contributed by atoms with Crippen LogP contribution in [0.1, 0.15) is 79.0 Å². The first-order chi connectivity index (χ1) is 20.5. The normalized spacial score (nSPS) is 13.9. The summed E-state index contributed by atoms with van der Waals surface area (Å²) in [6, 6.07) is 9.99. The monoisotopic (exact) mass is 583 g/mol. The summed E-state index contributed by atoms with van der Waals surface area (Å²) in [6.45, 7) is 13.3. The third-order valence-electron chi connectivity index (χ3n) is 6.84. The topological polar surface area (TPSA) is 118 Å². The molecule has 1 spiro atoms. The fourth-order valence-electron chi connectivity index (χ4n) is 4.40. The molecular formula is C33H53N5O4. The number of methoxy groups -OCH3 is 1. The standard InChI is InChI=1S/C20H23N3O3.C7H13N.C2H5NO.2C2H6/c1-14(24)6-5-10-26-11-9-19-21-13-18(22-19)16-12-15-7-3-4-8-17(15)23-20(16)25-2;1-2-7(1)3-5-8-6-4-7;1-3-2-4;2*1-2/h3-4,7-8,12-13H,5-6,9-11H2,1-2H3,(H,21,22);8H,1-6H2;2H,1H3,(H,3,4);2*1-2H3. The number of fused-ring (bicyclic) bond motifs is 1. The van der Waals surface area contributed by atoms with Gasteiger partial charge in [0.2, 0.25) is 12.3 Å². The SMILES string of the molecule is C1CC2(CCN1)CC2.CC.CC.CNC=O.COc1nc2ccccc2cc1-c1cnc(CCOCCCC(C)=O)[nH]1. The summed E-state index contributed by atoms with van der Waals surface area (Å²) in [5.74, 6) is 1.61. The summed E-state index contributed by atoms with van der Waals surface area (Å²) in [6.07, 6.45) is 10.4. The number of ether oxygens (including phenoxy) is 2. The lowest BCUT2D eigenvalue weighted by Crippen LogP contribution is -2.28. The molecule has 3 N–H and O–H groups in total. The number of aromatic nitrogens is 3. The van der Waals surface area contributed by atoms with E-state index in [0.717, 1.165) is 39.8 Å². The highest BCUT2D eigenvalue weighted by Gasteiger charge is 2.42. The number of imidazole rings is 1. The third-order valence-corrected chi connectivity index (χ3v) is 6.84. The molecule has 3 heterocycles. The predicted octanol–water partition coefficient (Wildman–Crippen LogP) is 6.13. The molecule has 9 nitrogen and oxygen atoms in total. The van der Waals surface area contributed by atoms with E-state index in [1.54, 1.807) is 27.3 Å². The van der Waals surface area contributed by atoms with Crippen molar-refractivity contribution in [2.45, 2.75) is 79.6 Å². The van der Waals surface area contributed by atoms with Gasteiger partial charge in [0.05, 0.1) is 36.7 Å². The number of para-hydroxylation sites is 1. The minimum absolute atomic E-state index is 0.196. The van der Waals surface area contributed by atoms with Crippen molar-refractivity contribution in [2.75, 3.05) is 40.5 Å². The van der Waals surface area contributed by atoms with Crippen LogP contribution in [0.5, 0.6) is 5.88 Å². The summed E-state index contributed by atoms with van der Waals surface area (Å²) in [4.78, 5) is 32.2. The molecule has 2 fully saturated rings. The maximum Gasteiger partial charge on any atom is 0.223 e. The number of aromatic amines is 1. The zero-order chi connectivity index (χ0) is 31.2. The zero-order valence-electron chi connectivity index (χ0n) is 26.8. The quantitative estimate of drug-likeness (QED) is 0.194. The molecule has 0 bridgehead atoms. The molecule has 0 atom stereocenters. The van der Waals surface area contributed by atoms with Crippen LogP contribution in [-0.4, -0.2) is 67.6 Å². The molecule has 5 rings (SSSR count). The number of H-pyrrole nitrogens is 1. The zero-order valence-corrected chi connectivity index (χ0v) is 26.8. The van der Waals surface area contributed by atoms with Crippen molar-refractivity contribution in [3.05, 3.63) is 42.4 Å². The Morgan fingerprint density at radius 3 is 2.31 bits per heavy atom. The molecule has 2 aliphatic rings. The molecule has 1 amide bonds. The summed E-state index contributed by atoms with van der Waals surface area (Å²) in [5, 5.41) is 6.68. The van der Waals surface area contributed by atoms with Crippen LogP contribution in [0.4, 0.5) is 0 Å². The number of pyridine rings is 1. The van der Waals surface area contributed by atoms with Gasteiger partial charge in [-0.1, -0.05) is 45.9 Å². The Kier molecular flexibility index (Phi) is 18.7. The van der Waals surface area contributed by atoms with Gasteiger partial charge in [0, 0.05) is 31.9 Å². The first kappa shape index (κ1) is 36.7. The lowest BCUT2D eigenvalue weighted by molar-refractivity contribution is -0.117. The first-order valence-electron chi connectivity index (χ1n) is 15.4. The lowest BCUT2D eigenvalue weighted by Gasteiger charge is -2.20. The van der Waals surface area contributed by atoms with Crippen LogP contribution in [0.2, 0.25) is 0 Å². The summed E-state index contributed by atoms with van der Waals surface area (Å²) >= 11 is 0. The fourth-order valence-corrected chi connectivity index (χ4v) is 4.40. The Labute approximate surface area is 252 Å². The van der Waals surface area contributed by atoms with E-state index >= 15 is 0 Å². The first-order valence-corrected chi connectivity index (χ1v) is 15.4. The van der Waals surface area contributed by atoms with Gasteiger partial charge < -0.3 is 29.9 Å². The van der Waals surface area contributed by atoms with Gasteiger partial charge in [-0.25, -0.2) is 9.97 Å². The second-order valence-electron chi connectivity index (χ2n) is 9.81. The van der Waals surface area contributed by atoms with E-state index in [4.69, 9.17) is 14.3 Å². The number of carbonyl (C=O) groups is 2. The number of amides is 1. The van der Waals surface area contributed by atoms with E-state index in [-0.39, 0.29) is 5.78 Å². The summed E-state index contributed by atoms with van der Waals surface area (Å²) in [5.41, 5.74) is 3.51. The summed E-state index contributed by atoms with van der Waals surface area (Å²) in [7, 11) is 3.18. The Morgan fingerprint density at radius 2 is 1.74 bits per heavy atom. The van der Waals surface area contributed by atoms with Crippen molar-refractivity contribution in [3.8, 4) is 17.1 Å². The molecule has 1 saturated heterocycles. The number of piperidine rings is 1. The molecule has 9 heteroatoms. The van der Waals surface area contributed by atoms with Crippen molar-refractivity contribution in [1.29, 1.82) is 0 Å². The van der Waals surface area contributed by atoms with Crippen molar-refractivity contribution in [3.63, 3.8) is 0 Å². The van der Waals surface area contributed by atoms with Crippen LogP contribution < -0.4 is 15.4 Å². The largest absolute Gasteiger partial charge is 0.480 e. The van der Waals surface area contributed by atoms with E-state index in [2.05, 4.69) is 31.7 Å². The minimum Gasteiger partial charge on any atom is -0.480 e. The van der Waals surface area contributed by atoms with Crippen LogP contribution >= 0.6 is 0 Å². The van der Waals surface area contributed by atoms with E-state index in [9.17, 15) is 4.79 Å². The number of hydrogen-bond donors (Lipinski definition) is 3.